The monoisotopic (exact) mass is 345 g/mol. The van der Waals surface area contributed by atoms with Crippen LogP contribution in [0.5, 0.6) is 0 Å². The number of fused-ring (bicyclic) bond motifs is 1. The number of hydrogen-bond donors (Lipinski definition) is 1. The third-order valence-corrected chi connectivity index (χ3v) is 6.09. The van der Waals surface area contributed by atoms with Gasteiger partial charge in [0.25, 0.3) is 0 Å². The van der Waals surface area contributed by atoms with Gasteiger partial charge in [-0.25, -0.2) is 4.79 Å². The van der Waals surface area contributed by atoms with E-state index in [4.69, 9.17) is 0 Å². The molecule has 3 aliphatic rings. The molecule has 0 unspecified atom stereocenters. The highest BCUT2D eigenvalue weighted by Gasteiger charge is 2.28. The van der Waals surface area contributed by atoms with Crippen molar-refractivity contribution >= 4 is 6.03 Å². The van der Waals surface area contributed by atoms with E-state index in [0.29, 0.717) is 6.04 Å². The number of amides is 2. The first-order valence-electron chi connectivity index (χ1n) is 10.1. The van der Waals surface area contributed by atoms with Gasteiger partial charge in [0, 0.05) is 45.5 Å². The molecule has 1 atom stereocenters. The molecule has 1 aromatic heterocycles. The molecular formula is C19H31N5O. The number of hydrogen-bond acceptors (Lipinski definition) is 3. The van der Waals surface area contributed by atoms with E-state index in [1.165, 1.54) is 37.9 Å². The van der Waals surface area contributed by atoms with Gasteiger partial charge in [0.1, 0.15) is 0 Å². The summed E-state index contributed by atoms with van der Waals surface area (Å²) in [5.41, 5.74) is 1.32. The van der Waals surface area contributed by atoms with Crippen molar-refractivity contribution in [3.63, 3.8) is 0 Å². The fraction of sp³-hybridized carbons (Fsp3) is 0.789. The molecule has 1 aromatic rings. The average Bonchev–Trinajstić information content (AvgIpc) is 3.36. The van der Waals surface area contributed by atoms with E-state index in [1.807, 2.05) is 11.1 Å². The van der Waals surface area contributed by atoms with Gasteiger partial charge in [0.05, 0.1) is 11.7 Å². The Hall–Kier alpha value is -1.56. The maximum Gasteiger partial charge on any atom is 0.317 e. The number of nitrogens with zero attached hydrogens (tertiary/aromatic N) is 4. The van der Waals surface area contributed by atoms with Crippen molar-refractivity contribution in [1.82, 2.24) is 24.9 Å². The third kappa shape index (κ3) is 4.00. The van der Waals surface area contributed by atoms with Gasteiger partial charge in [0.15, 0.2) is 0 Å². The van der Waals surface area contributed by atoms with Crippen molar-refractivity contribution < 1.29 is 4.79 Å². The minimum absolute atomic E-state index is 0.108. The molecule has 0 bridgehead atoms. The van der Waals surface area contributed by atoms with Gasteiger partial charge in [-0.1, -0.05) is 12.8 Å². The van der Waals surface area contributed by atoms with Crippen molar-refractivity contribution in [2.24, 2.45) is 5.92 Å². The van der Waals surface area contributed by atoms with Crippen LogP contribution in [0.15, 0.2) is 12.3 Å². The zero-order valence-corrected chi connectivity index (χ0v) is 15.2. The van der Waals surface area contributed by atoms with Crippen molar-refractivity contribution in [3.05, 3.63) is 18.0 Å². The first-order valence-corrected chi connectivity index (χ1v) is 10.1. The summed E-state index contributed by atoms with van der Waals surface area (Å²) >= 11 is 0. The average molecular weight is 345 g/mol. The predicted octanol–water partition coefficient (Wildman–Crippen LogP) is 2.63. The van der Waals surface area contributed by atoms with Crippen LogP contribution in [0.25, 0.3) is 0 Å². The van der Waals surface area contributed by atoms with E-state index in [1.54, 1.807) is 0 Å². The second-order valence-electron chi connectivity index (χ2n) is 7.98. The number of likely N-dealkylation sites (tertiary alicyclic amines) is 1. The molecule has 6 heteroatoms. The van der Waals surface area contributed by atoms with Crippen molar-refractivity contribution in [2.75, 3.05) is 32.7 Å². The van der Waals surface area contributed by atoms with Crippen LogP contribution in [-0.4, -0.2) is 58.3 Å². The molecule has 4 rings (SSSR count). The summed E-state index contributed by atoms with van der Waals surface area (Å²) in [6.45, 7) is 5.86. The largest absolute Gasteiger partial charge is 0.338 e. The topological polar surface area (TPSA) is 53.4 Å². The lowest BCUT2D eigenvalue weighted by Crippen LogP contribution is -2.42. The first kappa shape index (κ1) is 16.9. The normalized spacial score (nSPS) is 24.6. The number of carbonyl (C=O) groups is 1. The van der Waals surface area contributed by atoms with Crippen LogP contribution >= 0.6 is 0 Å². The van der Waals surface area contributed by atoms with E-state index in [2.05, 4.69) is 26.1 Å². The summed E-state index contributed by atoms with van der Waals surface area (Å²) in [7, 11) is 0. The number of aromatic nitrogens is 2. The van der Waals surface area contributed by atoms with E-state index in [9.17, 15) is 4.79 Å². The fourth-order valence-corrected chi connectivity index (χ4v) is 4.75. The van der Waals surface area contributed by atoms with E-state index >= 15 is 0 Å². The summed E-state index contributed by atoms with van der Waals surface area (Å²) in [4.78, 5) is 16.7. The second-order valence-corrected chi connectivity index (χ2v) is 7.98. The Balaban J connectivity index is 1.31. The minimum atomic E-state index is 0.108. The highest BCUT2D eigenvalue weighted by Crippen LogP contribution is 2.29. The van der Waals surface area contributed by atoms with Crippen LogP contribution < -0.4 is 5.32 Å². The predicted molar refractivity (Wildman–Crippen MR) is 97.3 cm³/mol. The SMILES string of the molecule is O=C(NCC[C@H]1CN(CC2CCCC2)Cc2ccnn21)N1CCCC1. The summed E-state index contributed by atoms with van der Waals surface area (Å²) in [6, 6.07) is 2.63. The lowest BCUT2D eigenvalue weighted by Gasteiger charge is -2.35. The lowest BCUT2D eigenvalue weighted by atomic mass is 10.0. The van der Waals surface area contributed by atoms with Gasteiger partial charge in [-0.2, -0.15) is 5.10 Å². The Labute approximate surface area is 150 Å². The minimum Gasteiger partial charge on any atom is -0.338 e. The van der Waals surface area contributed by atoms with Crippen molar-refractivity contribution in [2.45, 2.75) is 57.5 Å². The Morgan fingerprint density at radius 2 is 2.00 bits per heavy atom. The van der Waals surface area contributed by atoms with Crippen LogP contribution in [0.1, 0.15) is 56.7 Å². The number of nitrogens with one attached hydrogen (secondary N) is 1. The molecule has 3 heterocycles. The quantitative estimate of drug-likeness (QED) is 0.892. The number of urea groups is 1. The molecule has 6 nitrogen and oxygen atoms in total. The summed E-state index contributed by atoms with van der Waals surface area (Å²) in [6.07, 6.45) is 10.8. The van der Waals surface area contributed by atoms with Gasteiger partial charge in [-0.15, -0.1) is 0 Å². The molecule has 1 aliphatic carbocycles. The molecule has 25 heavy (non-hydrogen) atoms. The maximum atomic E-state index is 12.2. The molecule has 2 amide bonds. The smallest absolute Gasteiger partial charge is 0.317 e. The Kier molecular flexibility index (Phi) is 5.25. The summed E-state index contributed by atoms with van der Waals surface area (Å²) in [5.74, 6) is 0.880. The van der Waals surface area contributed by atoms with Crippen LogP contribution in [0, 0.1) is 5.92 Å². The molecule has 2 fully saturated rings. The fourth-order valence-electron chi connectivity index (χ4n) is 4.75. The van der Waals surface area contributed by atoms with Crippen LogP contribution in [0.2, 0.25) is 0 Å². The maximum absolute atomic E-state index is 12.2. The summed E-state index contributed by atoms with van der Waals surface area (Å²) < 4.78 is 2.19. The van der Waals surface area contributed by atoms with E-state index in [-0.39, 0.29) is 6.03 Å². The molecule has 1 saturated heterocycles. The van der Waals surface area contributed by atoms with E-state index < -0.39 is 0 Å². The van der Waals surface area contributed by atoms with Gasteiger partial charge in [-0.05, 0) is 44.1 Å². The summed E-state index contributed by atoms with van der Waals surface area (Å²) in [5, 5.41) is 7.66. The second kappa shape index (κ2) is 7.77. The molecule has 2 aliphatic heterocycles. The van der Waals surface area contributed by atoms with Crippen LogP contribution in [0.4, 0.5) is 4.79 Å². The standard InChI is InChI=1S/C19H31N5O/c25-19(23-11-3-4-12-23)20-9-7-17-14-22(13-16-5-1-2-6-16)15-18-8-10-21-24(17)18/h8,10,16-17H,1-7,9,11-15H2,(H,20,25)/t17-/m0/s1. The zero-order valence-electron chi connectivity index (χ0n) is 15.2. The Morgan fingerprint density at radius 3 is 2.80 bits per heavy atom. The molecule has 0 spiro atoms. The van der Waals surface area contributed by atoms with Crippen molar-refractivity contribution in [3.8, 4) is 0 Å². The first-order chi connectivity index (χ1) is 12.3. The zero-order chi connectivity index (χ0) is 17.1. The van der Waals surface area contributed by atoms with E-state index in [0.717, 1.165) is 57.9 Å². The molecule has 1 saturated carbocycles. The Morgan fingerprint density at radius 1 is 1.20 bits per heavy atom. The molecule has 0 aromatic carbocycles. The van der Waals surface area contributed by atoms with Gasteiger partial charge in [-0.3, -0.25) is 9.58 Å². The number of rotatable bonds is 5. The highest BCUT2D eigenvalue weighted by molar-refractivity contribution is 5.74. The van der Waals surface area contributed by atoms with Crippen LogP contribution in [-0.2, 0) is 6.54 Å². The van der Waals surface area contributed by atoms with Gasteiger partial charge >= 0.3 is 6.03 Å². The third-order valence-electron chi connectivity index (χ3n) is 6.09. The van der Waals surface area contributed by atoms with Gasteiger partial charge < -0.3 is 10.2 Å². The molecule has 1 N–H and O–H groups in total. The van der Waals surface area contributed by atoms with Crippen LogP contribution in [0.3, 0.4) is 0 Å². The molecule has 138 valence electrons. The molecular weight excluding hydrogens is 314 g/mol. The molecule has 0 radical (unpaired) electrons. The highest BCUT2D eigenvalue weighted by atomic mass is 16.2. The van der Waals surface area contributed by atoms with Crippen molar-refractivity contribution in [1.29, 1.82) is 0 Å². The number of carbonyl (C=O) groups excluding carboxylic acids is 1. The lowest BCUT2D eigenvalue weighted by molar-refractivity contribution is 0.146. The van der Waals surface area contributed by atoms with Gasteiger partial charge in [0.2, 0.25) is 0 Å². The Bertz CT molecular complexity index is 574.